The highest BCUT2D eigenvalue weighted by Gasteiger charge is 2.32. The number of carbonyl (C=O) groups excluding carboxylic acids is 2. The average molecular weight is 540 g/mol. The first kappa shape index (κ1) is 27.3. The van der Waals surface area contributed by atoms with Gasteiger partial charge in [0.05, 0.1) is 28.9 Å². The van der Waals surface area contributed by atoms with E-state index in [0.717, 1.165) is 16.8 Å². The zero-order valence-electron chi connectivity index (χ0n) is 22.5. The van der Waals surface area contributed by atoms with Crippen LogP contribution in [0.15, 0.2) is 54.7 Å². The molecule has 0 spiro atoms. The van der Waals surface area contributed by atoms with E-state index in [1.54, 1.807) is 35.0 Å². The van der Waals surface area contributed by atoms with Gasteiger partial charge in [0, 0.05) is 31.3 Å². The molecular weight excluding hydrogens is 506 g/mol. The Bertz CT molecular complexity index is 1310. The Balaban J connectivity index is 1.40. The van der Waals surface area contributed by atoms with Crippen LogP contribution in [0.3, 0.4) is 0 Å². The number of nitrogens with zero attached hydrogens (tertiary/aromatic N) is 3. The van der Waals surface area contributed by atoms with Crippen LogP contribution in [0.1, 0.15) is 58.2 Å². The average Bonchev–Trinajstić information content (AvgIpc) is 3.31. The molecule has 0 saturated carbocycles. The summed E-state index contributed by atoms with van der Waals surface area (Å²) >= 11 is 6.23. The molecule has 38 heavy (non-hydrogen) atoms. The highest BCUT2D eigenvalue weighted by Crippen LogP contribution is 2.37. The van der Waals surface area contributed by atoms with Crippen LogP contribution in [0.5, 0.6) is 5.75 Å². The van der Waals surface area contributed by atoms with Crippen LogP contribution < -0.4 is 15.4 Å². The van der Waals surface area contributed by atoms with Crippen molar-refractivity contribution in [1.29, 1.82) is 0 Å². The standard InChI is InChI=1S/C28H34ClN5O4/c1-27(2,3)38-26(36)33(6)28(4,5)18-10-12-19(13-11-18)34-16-14-23(32-34)31-25(35)30-22-15-17-37-24-20(22)8-7-9-21(24)29/h7-14,16,22H,15,17H2,1-6H3,(H2,30,31,32,35)/t22-/m0/s1. The largest absolute Gasteiger partial charge is 0.492 e. The van der Waals surface area contributed by atoms with Crippen molar-refractivity contribution in [2.24, 2.45) is 0 Å². The minimum Gasteiger partial charge on any atom is -0.492 e. The fourth-order valence-corrected chi connectivity index (χ4v) is 4.39. The van der Waals surface area contributed by atoms with E-state index in [-0.39, 0.29) is 18.2 Å². The Kier molecular flexibility index (Phi) is 7.60. The van der Waals surface area contributed by atoms with Gasteiger partial charge < -0.3 is 19.7 Å². The lowest BCUT2D eigenvalue weighted by Gasteiger charge is -2.37. The van der Waals surface area contributed by atoms with Crippen molar-refractivity contribution >= 4 is 29.5 Å². The molecule has 2 N–H and O–H groups in total. The van der Waals surface area contributed by atoms with Crippen molar-refractivity contribution in [3.8, 4) is 11.4 Å². The first-order chi connectivity index (χ1) is 17.8. The molecule has 1 aliphatic heterocycles. The number of hydrogen-bond acceptors (Lipinski definition) is 5. The normalized spacial score (nSPS) is 15.2. The van der Waals surface area contributed by atoms with Crippen LogP contribution in [0.25, 0.3) is 5.69 Å². The molecule has 2 aromatic carbocycles. The van der Waals surface area contributed by atoms with Crippen molar-refractivity contribution in [1.82, 2.24) is 20.0 Å². The molecule has 202 valence electrons. The van der Waals surface area contributed by atoms with Crippen LogP contribution in [0.4, 0.5) is 15.4 Å². The zero-order valence-corrected chi connectivity index (χ0v) is 23.3. The lowest BCUT2D eigenvalue weighted by Crippen LogP contribution is -2.45. The predicted octanol–water partition coefficient (Wildman–Crippen LogP) is 6.27. The van der Waals surface area contributed by atoms with E-state index < -0.39 is 11.1 Å². The maximum Gasteiger partial charge on any atom is 0.410 e. The predicted molar refractivity (Wildman–Crippen MR) is 147 cm³/mol. The quantitative estimate of drug-likeness (QED) is 0.398. The second-order valence-corrected chi connectivity index (χ2v) is 11.1. The van der Waals surface area contributed by atoms with Crippen molar-refractivity contribution in [2.75, 3.05) is 19.0 Å². The first-order valence-electron chi connectivity index (χ1n) is 12.5. The number of nitrogens with one attached hydrogen (secondary N) is 2. The molecule has 0 saturated heterocycles. The summed E-state index contributed by atoms with van der Waals surface area (Å²) in [6.45, 7) is 9.93. The van der Waals surface area contributed by atoms with Gasteiger partial charge >= 0.3 is 12.1 Å². The van der Waals surface area contributed by atoms with E-state index in [9.17, 15) is 9.59 Å². The Morgan fingerprint density at radius 3 is 2.50 bits per heavy atom. The van der Waals surface area contributed by atoms with Crippen molar-refractivity contribution in [3.63, 3.8) is 0 Å². The van der Waals surface area contributed by atoms with Crippen LogP contribution in [0, 0.1) is 0 Å². The summed E-state index contributed by atoms with van der Waals surface area (Å²) in [6.07, 6.45) is 2.02. The third-order valence-corrected chi connectivity index (χ3v) is 6.80. The number of amides is 3. The molecule has 0 aliphatic carbocycles. The fraction of sp³-hybridized carbons (Fsp3) is 0.393. The Morgan fingerprint density at radius 2 is 1.82 bits per heavy atom. The summed E-state index contributed by atoms with van der Waals surface area (Å²) in [4.78, 5) is 26.9. The molecular formula is C28H34ClN5O4. The molecule has 0 unspecified atom stereocenters. The van der Waals surface area contributed by atoms with Gasteiger partial charge in [0.25, 0.3) is 0 Å². The molecule has 1 aliphatic rings. The van der Waals surface area contributed by atoms with Crippen LogP contribution in [-0.2, 0) is 10.3 Å². The number of benzene rings is 2. The third-order valence-electron chi connectivity index (χ3n) is 6.51. The molecule has 0 fully saturated rings. The van der Waals surface area contributed by atoms with Gasteiger partial charge in [-0.25, -0.2) is 14.3 Å². The van der Waals surface area contributed by atoms with Crippen LogP contribution in [0.2, 0.25) is 5.02 Å². The SMILES string of the molecule is CN(C(=O)OC(C)(C)C)C(C)(C)c1ccc(-n2ccc(NC(=O)N[C@H]3CCOc4c(Cl)cccc43)n2)cc1. The number of para-hydroxylation sites is 1. The summed E-state index contributed by atoms with van der Waals surface area (Å²) in [6, 6.07) is 14.4. The van der Waals surface area contributed by atoms with Gasteiger partial charge in [-0.15, -0.1) is 5.10 Å². The molecule has 4 rings (SSSR count). The molecule has 3 amide bonds. The summed E-state index contributed by atoms with van der Waals surface area (Å²) in [5.41, 5.74) is 1.44. The number of carbonyl (C=O) groups is 2. The maximum atomic E-state index is 12.7. The second kappa shape index (κ2) is 10.6. The van der Waals surface area contributed by atoms with Gasteiger partial charge in [0.1, 0.15) is 11.4 Å². The summed E-state index contributed by atoms with van der Waals surface area (Å²) in [7, 11) is 1.73. The highest BCUT2D eigenvalue weighted by atomic mass is 35.5. The minimum absolute atomic E-state index is 0.214. The summed E-state index contributed by atoms with van der Waals surface area (Å²) < 4.78 is 12.9. The molecule has 9 nitrogen and oxygen atoms in total. The monoisotopic (exact) mass is 539 g/mol. The minimum atomic E-state index is -0.594. The van der Waals surface area contributed by atoms with Crippen molar-refractivity contribution in [2.45, 2.75) is 58.2 Å². The Morgan fingerprint density at radius 1 is 1.11 bits per heavy atom. The topological polar surface area (TPSA) is 97.7 Å². The van der Waals surface area contributed by atoms with Gasteiger partial charge in [-0.2, -0.15) is 0 Å². The summed E-state index contributed by atoms with van der Waals surface area (Å²) in [5.74, 6) is 1.02. The summed E-state index contributed by atoms with van der Waals surface area (Å²) in [5, 5.41) is 10.8. The number of urea groups is 1. The van der Waals surface area contributed by atoms with Crippen LogP contribution in [-0.4, -0.2) is 46.1 Å². The first-order valence-corrected chi connectivity index (χ1v) is 12.8. The molecule has 2 heterocycles. The lowest BCUT2D eigenvalue weighted by atomic mass is 9.93. The molecule has 1 atom stereocenters. The van der Waals surface area contributed by atoms with E-state index >= 15 is 0 Å². The number of ether oxygens (including phenoxy) is 2. The van der Waals surface area contributed by atoms with Crippen molar-refractivity contribution < 1.29 is 19.1 Å². The maximum absolute atomic E-state index is 12.7. The smallest absolute Gasteiger partial charge is 0.410 e. The Labute approximate surface area is 228 Å². The number of anilines is 1. The molecule has 0 bridgehead atoms. The van der Waals surface area contributed by atoms with E-state index in [1.165, 1.54) is 0 Å². The van der Waals surface area contributed by atoms with E-state index in [4.69, 9.17) is 21.1 Å². The van der Waals surface area contributed by atoms with Gasteiger partial charge in [0.2, 0.25) is 0 Å². The number of rotatable bonds is 5. The lowest BCUT2D eigenvalue weighted by molar-refractivity contribution is 0.0104. The molecule has 3 aromatic rings. The number of aromatic nitrogens is 2. The third kappa shape index (κ3) is 6.05. The van der Waals surface area contributed by atoms with Gasteiger partial charge in [-0.1, -0.05) is 35.9 Å². The van der Waals surface area contributed by atoms with Gasteiger partial charge in [-0.3, -0.25) is 5.32 Å². The zero-order chi connectivity index (χ0) is 27.7. The number of halogens is 1. The van der Waals surface area contributed by atoms with Crippen molar-refractivity contribution in [3.05, 3.63) is 70.9 Å². The van der Waals surface area contributed by atoms with E-state index in [0.29, 0.717) is 29.6 Å². The molecule has 1 aromatic heterocycles. The van der Waals surface area contributed by atoms with Crippen LogP contribution >= 0.6 is 11.6 Å². The Hall–Kier alpha value is -3.72. The van der Waals surface area contributed by atoms with E-state index in [2.05, 4.69) is 15.7 Å². The molecule has 0 radical (unpaired) electrons. The second-order valence-electron chi connectivity index (χ2n) is 10.7. The van der Waals surface area contributed by atoms with E-state index in [1.807, 2.05) is 71.0 Å². The van der Waals surface area contributed by atoms with Gasteiger partial charge in [0.15, 0.2) is 5.82 Å². The molecule has 10 heteroatoms. The number of hydrogen-bond donors (Lipinski definition) is 2. The number of fused-ring (bicyclic) bond motifs is 1. The highest BCUT2D eigenvalue weighted by molar-refractivity contribution is 6.32. The fourth-order valence-electron chi connectivity index (χ4n) is 4.16. The van der Waals surface area contributed by atoms with Gasteiger partial charge in [-0.05, 0) is 58.4 Å².